The van der Waals surface area contributed by atoms with Gasteiger partial charge in [-0.15, -0.1) is 11.8 Å². The second kappa shape index (κ2) is 5.65. The molecule has 0 spiro atoms. The summed E-state index contributed by atoms with van der Waals surface area (Å²) in [6.07, 6.45) is 6.00. The number of carbonyl (C=O) groups is 1. The number of hydrogen-bond acceptors (Lipinski definition) is 5. The van der Waals surface area contributed by atoms with Gasteiger partial charge in [-0.25, -0.2) is 4.79 Å². The third kappa shape index (κ3) is 3.48. The zero-order valence-corrected chi connectivity index (χ0v) is 14.2. The molecule has 0 aromatic carbocycles. The maximum Gasteiger partial charge on any atom is 0.410 e. The smallest absolute Gasteiger partial charge is 0.410 e. The Morgan fingerprint density at radius 3 is 2.82 bits per heavy atom. The molecule has 1 aliphatic carbocycles. The highest BCUT2D eigenvalue weighted by Crippen LogP contribution is 2.33. The minimum atomic E-state index is -0.456. The number of aliphatic imine (C=N–C) groups is 1. The number of likely N-dealkylation sites (tertiary alicyclic amines) is 1. The Balaban J connectivity index is 1.48. The summed E-state index contributed by atoms with van der Waals surface area (Å²) in [5.41, 5.74) is -0.456. The van der Waals surface area contributed by atoms with Crippen LogP contribution >= 0.6 is 11.8 Å². The molecular formula is C16H22N2O3S. The number of carbonyl (C=O) groups excluding carboxylic acids is 1. The predicted molar refractivity (Wildman–Crippen MR) is 88.2 cm³/mol. The van der Waals surface area contributed by atoms with Crippen LogP contribution in [-0.2, 0) is 9.47 Å². The molecule has 6 heteroatoms. The van der Waals surface area contributed by atoms with E-state index < -0.39 is 5.60 Å². The van der Waals surface area contributed by atoms with Gasteiger partial charge in [0.2, 0.25) is 0 Å². The van der Waals surface area contributed by atoms with Crippen molar-refractivity contribution < 1.29 is 14.3 Å². The number of rotatable bonds is 2. The van der Waals surface area contributed by atoms with Gasteiger partial charge in [-0.05, 0) is 39.8 Å². The van der Waals surface area contributed by atoms with Crippen molar-refractivity contribution in [1.82, 2.24) is 4.90 Å². The van der Waals surface area contributed by atoms with Crippen LogP contribution < -0.4 is 0 Å². The number of amides is 1. The molecule has 1 saturated heterocycles. The molecule has 120 valence electrons. The molecule has 3 aliphatic rings. The topological polar surface area (TPSA) is 51.1 Å². The highest BCUT2D eigenvalue weighted by molar-refractivity contribution is 8.14. The lowest BCUT2D eigenvalue weighted by Crippen LogP contribution is -2.55. The molecule has 0 N–H and O–H groups in total. The molecule has 5 nitrogen and oxygen atoms in total. The first kappa shape index (κ1) is 15.5. The first-order chi connectivity index (χ1) is 10.3. The fraction of sp³-hybridized carbons (Fsp3) is 0.625. The van der Waals surface area contributed by atoms with Gasteiger partial charge in [0.1, 0.15) is 17.5 Å². The van der Waals surface area contributed by atoms with Crippen LogP contribution in [0.25, 0.3) is 0 Å². The van der Waals surface area contributed by atoms with Gasteiger partial charge in [-0.1, -0.05) is 6.08 Å². The van der Waals surface area contributed by atoms with Crippen molar-refractivity contribution in [2.24, 2.45) is 4.99 Å². The Bertz CT molecular complexity index is 556. The predicted octanol–water partition coefficient (Wildman–Crippen LogP) is 2.98. The van der Waals surface area contributed by atoms with Gasteiger partial charge in [0.25, 0.3) is 0 Å². The summed E-state index contributed by atoms with van der Waals surface area (Å²) < 4.78 is 11.3. The third-order valence-corrected chi connectivity index (χ3v) is 4.72. The first-order valence-electron chi connectivity index (χ1n) is 7.56. The molecule has 2 heterocycles. The summed E-state index contributed by atoms with van der Waals surface area (Å²) in [7, 11) is 0. The zero-order valence-electron chi connectivity index (χ0n) is 13.4. The molecule has 0 aromatic heterocycles. The van der Waals surface area contributed by atoms with Gasteiger partial charge in [-0.3, -0.25) is 4.99 Å². The molecule has 0 saturated carbocycles. The van der Waals surface area contributed by atoms with Gasteiger partial charge >= 0.3 is 6.09 Å². The highest BCUT2D eigenvalue weighted by Gasteiger charge is 2.36. The van der Waals surface area contributed by atoms with Crippen molar-refractivity contribution in [2.75, 3.05) is 13.1 Å². The van der Waals surface area contributed by atoms with E-state index in [1.54, 1.807) is 16.7 Å². The van der Waals surface area contributed by atoms with Gasteiger partial charge < -0.3 is 14.4 Å². The van der Waals surface area contributed by atoms with E-state index in [0.29, 0.717) is 18.3 Å². The SMILES string of the molecule is CC1=N[C@H]2C=C(OC3CN(C(=O)OC(C)(C)C)C3)C=C[C@H]2S1. The van der Waals surface area contributed by atoms with Crippen LogP contribution in [0, 0.1) is 0 Å². The van der Waals surface area contributed by atoms with Crippen molar-refractivity contribution >= 4 is 22.9 Å². The molecule has 22 heavy (non-hydrogen) atoms. The van der Waals surface area contributed by atoms with Crippen molar-refractivity contribution in [3.63, 3.8) is 0 Å². The van der Waals surface area contributed by atoms with E-state index in [9.17, 15) is 4.79 Å². The number of nitrogens with zero attached hydrogens (tertiary/aromatic N) is 2. The van der Waals surface area contributed by atoms with Crippen molar-refractivity contribution in [2.45, 2.75) is 50.7 Å². The van der Waals surface area contributed by atoms with Crippen LogP contribution in [-0.4, -0.2) is 52.1 Å². The average Bonchev–Trinajstić information content (AvgIpc) is 2.70. The van der Waals surface area contributed by atoms with E-state index in [2.05, 4.69) is 17.1 Å². The fourth-order valence-corrected chi connectivity index (χ4v) is 3.55. The van der Waals surface area contributed by atoms with Crippen molar-refractivity contribution in [1.29, 1.82) is 0 Å². The second-order valence-electron chi connectivity index (χ2n) is 6.77. The number of ether oxygens (including phenoxy) is 2. The largest absolute Gasteiger partial charge is 0.487 e. The van der Waals surface area contributed by atoms with Crippen molar-refractivity contribution in [3.05, 3.63) is 24.0 Å². The van der Waals surface area contributed by atoms with Gasteiger partial charge in [0.05, 0.1) is 29.4 Å². The first-order valence-corrected chi connectivity index (χ1v) is 8.44. The highest BCUT2D eigenvalue weighted by atomic mass is 32.2. The van der Waals surface area contributed by atoms with E-state index in [1.807, 2.05) is 33.8 Å². The Kier molecular flexibility index (Phi) is 3.97. The lowest BCUT2D eigenvalue weighted by Gasteiger charge is -2.39. The lowest BCUT2D eigenvalue weighted by atomic mass is 10.1. The molecule has 1 fully saturated rings. The van der Waals surface area contributed by atoms with Crippen LogP contribution in [0.2, 0.25) is 0 Å². The standard InChI is InChI=1S/C16H22N2O3S/c1-10-17-13-7-11(5-6-14(13)22-10)20-12-8-18(9-12)15(19)21-16(2,3)4/h5-7,12-14H,8-9H2,1-4H3/t13-,14+/m0/s1. The molecule has 2 atom stereocenters. The minimum Gasteiger partial charge on any atom is -0.487 e. The summed E-state index contributed by atoms with van der Waals surface area (Å²) in [4.78, 5) is 18.1. The van der Waals surface area contributed by atoms with Gasteiger partial charge in [-0.2, -0.15) is 0 Å². The number of allylic oxidation sites excluding steroid dienone is 1. The van der Waals surface area contributed by atoms with Crippen LogP contribution in [0.5, 0.6) is 0 Å². The molecule has 3 rings (SSSR count). The molecule has 0 radical (unpaired) electrons. The van der Waals surface area contributed by atoms with Crippen molar-refractivity contribution in [3.8, 4) is 0 Å². The third-order valence-electron chi connectivity index (χ3n) is 3.56. The summed E-state index contributed by atoms with van der Waals surface area (Å²) >= 11 is 1.79. The average molecular weight is 322 g/mol. The monoisotopic (exact) mass is 322 g/mol. The van der Waals surface area contributed by atoms with Crippen LogP contribution in [0.3, 0.4) is 0 Å². The number of hydrogen-bond donors (Lipinski definition) is 0. The van der Waals surface area contributed by atoms with Gasteiger partial charge in [0.15, 0.2) is 0 Å². The Morgan fingerprint density at radius 1 is 1.41 bits per heavy atom. The van der Waals surface area contributed by atoms with Crippen LogP contribution in [0.15, 0.2) is 29.0 Å². The normalized spacial score (nSPS) is 27.7. The van der Waals surface area contributed by atoms with Crippen LogP contribution in [0.1, 0.15) is 27.7 Å². The Labute approximate surface area is 135 Å². The molecule has 0 bridgehead atoms. The molecule has 1 amide bonds. The maximum atomic E-state index is 11.9. The summed E-state index contributed by atoms with van der Waals surface area (Å²) in [6.45, 7) is 8.80. The van der Waals surface area contributed by atoms with E-state index in [1.165, 1.54) is 0 Å². The summed E-state index contributed by atoms with van der Waals surface area (Å²) in [5, 5.41) is 1.53. The lowest BCUT2D eigenvalue weighted by molar-refractivity contribution is -0.0400. The quantitative estimate of drug-likeness (QED) is 0.784. The molecule has 0 unspecified atom stereocenters. The van der Waals surface area contributed by atoms with E-state index >= 15 is 0 Å². The minimum absolute atomic E-state index is 0.0408. The van der Waals surface area contributed by atoms with E-state index in [4.69, 9.17) is 9.47 Å². The Morgan fingerprint density at radius 2 is 2.14 bits per heavy atom. The molecular weight excluding hydrogens is 300 g/mol. The summed E-state index contributed by atoms with van der Waals surface area (Å²) in [5.74, 6) is 0.856. The molecule has 2 aliphatic heterocycles. The maximum absolute atomic E-state index is 11.9. The van der Waals surface area contributed by atoms with Gasteiger partial charge in [0, 0.05) is 0 Å². The number of thioether (sulfide) groups is 1. The molecule has 0 aromatic rings. The Hall–Kier alpha value is -1.43. The fourth-order valence-electron chi connectivity index (χ4n) is 2.54. The van der Waals surface area contributed by atoms with E-state index in [0.717, 1.165) is 10.8 Å². The summed E-state index contributed by atoms with van der Waals surface area (Å²) in [6, 6.07) is 0.187. The second-order valence-corrected chi connectivity index (χ2v) is 8.15. The van der Waals surface area contributed by atoms with Crippen LogP contribution in [0.4, 0.5) is 4.79 Å². The van der Waals surface area contributed by atoms with E-state index in [-0.39, 0.29) is 18.2 Å². The number of fused-ring (bicyclic) bond motifs is 1. The zero-order chi connectivity index (χ0) is 15.9.